The molecule has 0 saturated heterocycles. The lowest BCUT2D eigenvalue weighted by atomic mass is 9.93. The largest absolute Gasteiger partial charge is 0.454 e. The Balaban J connectivity index is 1.79. The molecule has 2 aliphatic rings. The van der Waals surface area contributed by atoms with Gasteiger partial charge in [-0.3, -0.25) is 9.59 Å². The Hall–Kier alpha value is -3.26. The van der Waals surface area contributed by atoms with Crippen LogP contribution in [0.25, 0.3) is 0 Å². The molecule has 4 N–H and O–H groups in total. The number of nitrogens with two attached hydrogens (primary N) is 1. The number of ether oxygens (including phenoxy) is 2. The van der Waals surface area contributed by atoms with Gasteiger partial charge in [-0.15, -0.1) is 0 Å². The summed E-state index contributed by atoms with van der Waals surface area (Å²) in [5.41, 5.74) is 14.8. The second kappa shape index (κ2) is 6.81. The summed E-state index contributed by atoms with van der Waals surface area (Å²) in [6.07, 6.45) is 0.384. The van der Waals surface area contributed by atoms with E-state index < -0.39 is 0 Å². The van der Waals surface area contributed by atoms with Gasteiger partial charge in [0.2, 0.25) is 12.7 Å². The standard InChI is InChI=1S/C19H20N4O4/c1-2-17(24)21-23-18(25)8-12-7-15-16(27-10-26-15)9-14(12)19(22-23)11-3-5-13(20)6-4-11/h3-7,9,19,22H,2,8,10,20H2,1H3,(H,21,24). The Morgan fingerprint density at radius 1 is 1.26 bits per heavy atom. The number of hydrogen-bond donors (Lipinski definition) is 3. The second-order valence-corrected chi connectivity index (χ2v) is 6.43. The lowest BCUT2D eigenvalue weighted by molar-refractivity contribution is -0.145. The van der Waals surface area contributed by atoms with Gasteiger partial charge in [-0.1, -0.05) is 19.1 Å². The number of anilines is 1. The molecule has 2 heterocycles. The molecule has 0 aromatic heterocycles. The normalized spacial score (nSPS) is 18.0. The summed E-state index contributed by atoms with van der Waals surface area (Å²) in [6, 6.07) is 10.7. The van der Waals surface area contributed by atoms with Crippen molar-refractivity contribution in [1.82, 2.24) is 16.0 Å². The number of benzene rings is 2. The van der Waals surface area contributed by atoms with Crippen LogP contribution in [0.2, 0.25) is 0 Å². The maximum Gasteiger partial charge on any atom is 0.260 e. The van der Waals surface area contributed by atoms with E-state index in [1.54, 1.807) is 19.1 Å². The van der Waals surface area contributed by atoms with E-state index in [1.807, 2.05) is 24.3 Å². The average molecular weight is 368 g/mol. The van der Waals surface area contributed by atoms with Crippen LogP contribution in [0.5, 0.6) is 11.5 Å². The smallest absolute Gasteiger partial charge is 0.260 e. The van der Waals surface area contributed by atoms with E-state index >= 15 is 0 Å². The van der Waals surface area contributed by atoms with Crippen LogP contribution in [0.4, 0.5) is 5.69 Å². The summed E-state index contributed by atoms with van der Waals surface area (Å²) >= 11 is 0. The van der Waals surface area contributed by atoms with Crippen molar-refractivity contribution >= 4 is 17.5 Å². The van der Waals surface area contributed by atoms with Crippen molar-refractivity contribution in [3.63, 3.8) is 0 Å². The maximum atomic E-state index is 12.7. The zero-order chi connectivity index (χ0) is 19.0. The molecule has 27 heavy (non-hydrogen) atoms. The molecule has 8 heteroatoms. The molecule has 2 aromatic rings. The molecule has 2 aliphatic heterocycles. The van der Waals surface area contributed by atoms with Crippen LogP contribution in [0.15, 0.2) is 36.4 Å². The van der Waals surface area contributed by atoms with Crippen molar-refractivity contribution in [1.29, 1.82) is 0 Å². The minimum Gasteiger partial charge on any atom is -0.454 e. The van der Waals surface area contributed by atoms with E-state index in [0.717, 1.165) is 16.7 Å². The van der Waals surface area contributed by atoms with Crippen LogP contribution < -0.4 is 26.1 Å². The molecule has 0 bridgehead atoms. The number of nitrogen functional groups attached to an aromatic ring is 1. The topological polar surface area (TPSA) is 106 Å². The number of hydrogen-bond acceptors (Lipinski definition) is 6. The first-order valence-corrected chi connectivity index (χ1v) is 8.71. The highest BCUT2D eigenvalue weighted by molar-refractivity contribution is 5.84. The van der Waals surface area contributed by atoms with Crippen LogP contribution >= 0.6 is 0 Å². The third-order valence-electron chi connectivity index (χ3n) is 4.62. The minimum absolute atomic E-state index is 0.119. The van der Waals surface area contributed by atoms with Gasteiger partial charge in [0.05, 0.1) is 12.5 Å². The van der Waals surface area contributed by atoms with Crippen molar-refractivity contribution in [2.45, 2.75) is 25.8 Å². The summed E-state index contributed by atoms with van der Waals surface area (Å²) in [5, 5.41) is 1.17. The van der Waals surface area contributed by atoms with Gasteiger partial charge in [0, 0.05) is 12.1 Å². The van der Waals surface area contributed by atoms with Crippen molar-refractivity contribution < 1.29 is 19.1 Å². The Morgan fingerprint density at radius 2 is 1.96 bits per heavy atom. The first kappa shape index (κ1) is 17.2. The quantitative estimate of drug-likeness (QED) is 0.708. The molecule has 1 atom stereocenters. The zero-order valence-corrected chi connectivity index (χ0v) is 14.8. The molecule has 0 spiro atoms. The third kappa shape index (κ3) is 3.26. The van der Waals surface area contributed by atoms with Gasteiger partial charge in [0.15, 0.2) is 11.5 Å². The van der Waals surface area contributed by atoms with Crippen LogP contribution in [0.3, 0.4) is 0 Å². The van der Waals surface area contributed by atoms with E-state index in [-0.39, 0.29) is 37.5 Å². The molecule has 8 nitrogen and oxygen atoms in total. The number of hydrazine groups is 2. The molecule has 2 amide bonds. The minimum atomic E-state index is -0.376. The van der Waals surface area contributed by atoms with Crippen molar-refractivity contribution in [3.8, 4) is 11.5 Å². The number of fused-ring (bicyclic) bond motifs is 2. The SMILES string of the molecule is CCC(=O)NN1NC(c2ccc(N)cc2)c2cc3c(cc2CC1=O)OCO3. The van der Waals surface area contributed by atoms with Crippen molar-refractivity contribution in [2.24, 2.45) is 0 Å². The summed E-state index contributed by atoms with van der Waals surface area (Å²) in [4.78, 5) is 24.6. The first-order valence-electron chi connectivity index (χ1n) is 8.71. The van der Waals surface area contributed by atoms with Gasteiger partial charge < -0.3 is 15.2 Å². The van der Waals surface area contributed by atoms with Gasteiger partial charge >= 0.3 is 0 Å². The highest BCUT2D eigenvalue weighted by Gasteiger charge is 2.31. The predicted molar refractivity (Wildman–Crippen MR) is 97.4 cm³/mol. The highest BCUT2D eigenvalue weighted by atomic mass is 16.7. The highest BCUT2D eigenvalue weighted by Crippen LogP contribution is 2.39. The van der Waals surface area contributed by atoms with E-state index in [9.17, 15) is 9.59 Å². The number of rotatable bonds is 3. The predicted octanol–water partition coefficient (Wildman–Crippen LogP) is 1.42. The Bertz CT molecular complexity index is 897. The summed E-state index contributed by atoms with van der Waals surface area (Å²) in [6.45, 7) is 1.88. The number of nitrogens with zero attached hydrogens (tertiary/aromatic N) is 1. The van der Waals surface area contributed by atoms with Crippen LogP contribution in [-0.2, 0) is 16.0 Å². The lowest BCUT2D eigenvalue weighted by Gasteiger charge is -2.27. The van der Waals surface area contributed by atoms with Crippen LogP contribution in [0.1, 0.15) is 36.1 Å². The van der Waals surface area contributed by atoms with Crippen LogP contribution in [-0.4, -0.2) is 23.7 Å². The molecule has 140 valence electrons. The van der Waals surface area contributed by atoms with Gasteiger partial charge in [0.25, 0.3) is 5.91 Å². The fourth-order valence-corrected chi connectivity index (χ4v) is 3.18. The number of carbonyl (C=O) groups is 2. The Morgan fingerprint density at radius 3 is 2.67 bits per heavy atom. The summed E-state index contributed by atoms with van der Waals surface area (Å²) < 4.78 is 11.0. The van der Waals surface area contributed by atoms with Gasteiger partial charge in [-0.2, -0.15) is 10.5 Å². The molecule has 0 radical (unpaired) electrons. The van der Waals surface area contributed by atoms with E-state index in [4.69, 9.17) is 15.2 Å². The van der Waals surface area contributed by atoms with E-state index in [0.29, 0.717) is 17.2 Å². The molecule has 0 aliphatic carbocycles. The van der Waals surface area contributed by atoms with E-state index in [1.165, 1.54) is 5.12 Å². The molecule has 0 saturated carbocycles. The average Bonchev–Trinajstić information content (AvgIpc) is 3.07. The third-order valence-corrected chi connectivity index (χ3v) is 4.62. The zero-order valence-electron chi connectivity index (χ0n) is 14.8. The van der Waals surface area contributed by atoms with Gasteiger partial charge in [0.1, 0.15) is 0 Å². The molecular weight excluding hydrogens is 348 g/mol. The maximum absolute atomic E-state index is 12.7. The fourth-order valence-electron chi connectivity index (χ4n) is 3.18. The van der Waals surface area contributed by atoms with Gasteiger partial charge in [-0.05, 0) is 41.0 Å². The monoisotopic (exact) mass is 368 g/mol. The van der Waals surface area contributed by atoms with Crippen molar-refractivity contribution in [3.05, 3.63) is 53.1 Å². The first-order chi connectivity index (χ1) is 13.0. The number of carbonyl (C=O) groups excluding carboxylic acids is 2. The lowest BCUT2D eigenvalue weighted by Crippen LogP contribution is -2.54. The second-order valence-electron chi connectivity index (χ2n) is 6.43. The molecule has 2 aromatic carbocycles. The van der Waals surface area contributed by atoms with Gasteiger partial charge in [-0.25, -0.2) is 5.43 Å². The number of amides is 2. The Kier molecular flexibility index (Phi) is 4.33. The Labute approximate surface area is 156 Å². The van der Waals surface area contributed by atoms with Crippen LogP contribution in [0, 0.1) is 0 Å². The molecule has 4 rings (SSSR count). The van der Waals surface area contributed by atoms with Crippen molar-refractivity contribution in [2.75, 3.05) is 12.5 Å². The molecule has 0 fully saturated rings. The van der Waals surface area contributed by atoms with E-state index in [2.05, 4.69) is 10.9 Å². The fraction of sp³-hybridized carbons (Fsp3) is 0.263. The molecule has 1 unspecified atom stereocenters. The summed E-state index contributed by atoms with van der Waals surface area (Å²) in [7, 11) is 0. The molecular formula is C19H20N4O4. The number of nitrogens with one attached hydrogen (secondary N) is 2. The summed E-state index contributed by atoms with van der Waals surface area (Å²) in [5.74, 6) is 0.722.